The molecule has 3 amide bonds. The van der Waals surface area contributed by atoms with Crippen LogP contribution in [0.3, 0.4) is 0 Å². The number of benzene rings is 2. The van der Waals surface area contributed by atoms with Crippen molar-refractivity contribution in [1.82, 2.24) is 35.4 Å². The van der Waals surface area contributed by atoms with Gasteiger partial charge in [-0.1, -0.05) is 23.7 Å². The molecule has 1 aliphatic rings. The Morgan fingerprint density at radius 2 is 1.67 bits per heavy atom. The molecule has 0 spiro atoms. The molecule has 0 unspecified atom stereocenters. The van der Waals surface area contributed by atoms with Crippen LogP contribution in [0.15, 0.2) is 60.9 Å². The van der Waals surface area contributed by atoms with Crippen molar-refractivity contribution in [1.29, 1.82) is 0 Å². The van der Waals surface area contributed by atoms with E-state index in [2.05, 4.69) is 46.6 Å². The lowest BCUT2D eigenvalue weighted by Gasteiger charge is -2.19. The summed E-state index contributed by atoms with van der Waals surface area (Å²) < 4.78 is 44.9. The van der Waals surface area contributed by atoms with Crippen molar-refractivity contribution in [2.45, 2.75) is 37.0 Å². The van der Waals surface area contributed by atoms with Gasteiger partial charge in [0.25, 0.3) is 5.91 Å². The molecule has 2 heterocycles. The van der Waals surface area contributed by atoms with Crippen molar-refractivity contribution in [2.24, 2.45) is 7.05 Å². The molecule has 1 saturated carbocycles. The Labute approximate surface area is 292 Å². The third kappa shape index (κ3) is 10.3. The van der Waals surface area contributed by atoms with E-state index in [1.165, 1.54) is 41.3 Å². The van der Waals surface area contributed by atoms with Crippen LogP contribution in [-0.2, 0) is 27.0 Å². The van der Waals surface area contributed by atoms with E-state index in [4.69, 9.17) is 16.3 Å². The van der Waals surface area contributed by atoms with E-state index in [0.717, 1.165) is 5.56 Å². The third-order valence-electron chi connectivity index (χ3n) is 7.37. The number of hydrogen-bond donors (Lipinski definition) is 6. The number of aryl methyl sites for hydroxylation is 1. The maximum Gasteiger partial charge on any atom is 0.422 e. The topological polar surface area (TPSA) is 214 Å². The smallest absolute Gasteiger partial charge is 0.422 e. The first-order valence-corrected chi connectivity index (χ1v) is 15.5. The number of rotatable bonds is 14. The number of carboxylic acid groups (broad SMARTS) is 1. The number of carboxylic acids is 1. The molecule has 2 aromatic carbocycles. The number of hydrogen-bond acceptors (Lipinski definition) is 11. The van der Waals surface area contributed by atoms with Gasteiger partial charge in [0.2, 0.25) is 11.9 Å². The summed E-state index contributed by atoms with van der Waals surface area (Å²) in [5.41, 5.74) is 1.01. The lowest BCUT2D eigenvalue weighted by atomic mass is 10.1. The summed E-state index contributed by atoms with van der Waals surface area (Å²) in [7, 11) is 1.62. The van der Waals surface area contributed by atoms with Gasteiger partial charge in [0.1, 0.15) is 6.04 Å². The third-order valence-corrected chi connectivity index (χ3v) is 7.62. The predicted molar refractivity (Wildman–Crippen MR) is 175 cm³/mol. The van der Waals surface area contributed by atoms with Crippen molar-refractivity contribution < 1.29 is 42.2 Å². The molecule has 5 rings (SSSR count). The molecule has 0 saturated heterocycles. The minimum Gasteiger partial charge on any atom is -0.480 e. The van der Waals surface area contributed by atoms with Crippen LogP contribution in [0.25, 0.3) is 0 Å². The van der Waals surface area contributed by atoms with Crippen LogP contribution in [0.4, 0.5) is 36.4 Å². The largest absolute Gasteiger partial charge is 0.480 e. The molecular formula is C31H30ClF3N10O6. The number of anilines is 4. The zero-order valence-corrected chi connectivity index (χ0v) is 27.4. The van der Waals surface area contributed by atoms with Crippen LogP contribution in [0.5, 0.6) is 6.01 Å². The minimum atomic E-state index is -4.64. The van der Waals surface area contributed by atoms with Crippen LogP contribution in [0, 0.1) is 0 Å². The Morgan fingerprint density at radius 1 is 0.980 bits per heavy atom. The molecule has 4 aromatic rings. The standard InChI is InChI=1S/C31H30ClF3N10O6/c1-45-15-21(14-37-45)38-25(48)24(47)36-13-10-22(26(49)50)40-23(46)17-2-8-20(9-3-17)39-27-41-28(43-29(42-27)51-16-31(33,34)35)44-30(11-12-30)18-4-6-19(32)7-5-18/h2-9,14-15,22H,10-13,16H2,1H3,(H,36,47)(H,38,48)(H,40,46)(H,49,50)(H2,39,41,42,43,44)/t22-/m0/s1. The van der Waals surface area contributed by atoms with Gasteiger partial charge < -0.3 is 36.4 Å². The van der Waals surface area contributed by atoms with Gasteiger partial charge in [0.15, 0.2) is 6.61 Å². The zero-order chi connectivity index (χ0) is 36.8. The second-order valence-corrected chi connectivity index (χ2v) is 11.8. The highest BCUT2D eigenvalue weighted by atomic mass is 35.5. The molecule has 0 radical (unpaired) electrons. The van der Waals surface area contributed by atoms with Gasteiger partial charge in [-0.15, -0.1) is 0 Å². The normalized spacial score (nSPS) is 13.7. The van der Waals surface area contributed by atoms with Crippen molar-refractivity contribution >= 4 is 58.6 Å². The average Bonchev–Trinajstić information content (AvgIpc) is 3.74. The highest BCUT2D eigenvalue weighted by molar-refractivity contribution is 6.39. The Morgan fingerprint density at radius 3 is 2.27 bits per heavy atom. The molecular weight excluding hydrogens is 701 g/mol. The Bertz CT molecular complexity index is 1900. The van der Waals surface area contributed by atoms with E-state index >= 15 is 0 Å². The SMILES string of the molecule is Cn1cc(NC(=O)C(=O)NCC[C@H](NC(=O)c2ccc(Nc3nc(NC4(c5ccc(Cl)cc5)CC4)nc(OCC(F)(F)F)n3)cc2)C(=O)O)cn1. The van der Waals surface area contributed by atoms with Gasteiger partial charge in [-0.3, -0.25) is 19.1 Å². The van der Waals surface area contributed by atoms with Crippen LogP contribution in [0.1, 0.15) is 35.2 Å². The minimum absolute atomic E-state index is 0.0434. The van der Waals surface area contributed by atoms with Crippen LogP contribution in [-0.4, -0.2) is 78.9 Å². The molecule has 1 aliphatic carbocycles. The van der Waals surface area contributed by atoms with Crippen molar-refractivity contribution in [3.05, 3.63) is 77.1 Å². The summed E-state index contributed by atoms with van der Waals surface area (Å²) in [5, 5.41) is 27.0. The fourth-order valence-corrected chi connectivity index (χ4v) is 4.82. The van der Waals surface area contributed by atoms with E-state index < -0.39 is 54.1 Å². The summed E-state index contributed by atoms with van der Waals surface area (Å²) in [6.45, 7) is -1.87. The number of halogens is 4. The predicted octanol–water partition coefficient (Wildman–Crippen LogP) is 3.37. The number of alkyl halides is 3. The number of nitrogens with one attached hydrogen (secondary N) is 5. The van der Waals surface area contributed by atoms with Gasteiger partial charge in [-0.25, -0.2) is 4.79 Å². The second-order valence-electron chi connectivity index (χ2n) is 11.4. The van der Waals surface area contributed by atoms with Gasteiger partial charge >= 0.3 is 30.0 Å². The van der Waals surface area contributed by atoms with E-state index in [0.29, 0.717) is 29.2 Å². The molecule has 0 aliphatic heterocycles. The zero-order valence-electron chi connectivity index (χ0n) is 26.6. The molecule has 20 heteroatoms. The summed E-state index contributed by atoms with van der Waals surface area (Å²) >= 11 is 6.01. The van der Waals surface area contributed by atoms with Gasteiger partial charge in [-0.2, -0.15) is 33.2 Å². The first-order chi connectivity index (χ1) is 24.2. The summed E-state index contributed by atoms with van der Waals surface area (Å²) in [5.74, 6) is -4.31. The number of nitrogens with zero attached hydrogens (tertiary/aromatic N) is 5. The van der Waals surface area contributed by atoms with Gasteiger partial charge in [0.05, 0.1) is 17.4 Å². The maximum absolute atomic E-state index is 12.9. The molecule has 1 fully saturated rings. The van der Waals surface area contributed by atoms with Crippen LogP contribution in [0.2, 0.25) is 5.02 Å². The van der Waals surface area contributed by atoms with Crippen molar-refractivity contribution in [3.63, 3.8) is 0 Å². The lowest BCUT2D eigenvalue weighted by Crippen LogP contribution is -2.44. The monoisotopic (exact) mass is 730 g/mol. The van der Waals surface area contributed by atoms with E-state index in [1.807, 2.05) is 12.1 Å². The van der Waals surface area contributed by atoms with E-state index in [-0.39, 0.29) is 30.4 Å². The Kier molecular flexibility index (Phi) is 10.9. The highest BCUT2D eigenvalue weighted by Gasteiger charge is 2.45. The molecule has 1 atom stereocenters. The Hall–Kier alpha value is -5.98. The average molecular weight is 731 g/mol. The van der Waals surface area contributed by atoms with Crippen LogP contribution < -0.4 is 31.3 Å². The fourth-order valence-electron chi connectivity index (χ4n) is 4.69. The van der Waals surface area contributed by atoms with E-state index in [9.17, 15) is 37.5 Å². The molecule has 6 N–H and O–H groups in total. The number of carbonyl (C=O) groups excluding carboxylic acids is 3. The summed E-state index contributed by atoms with van der Waals surface area (Å²) in [6.07, 6.45) is -0.659. The fraction of sp³-hybridized carbons (Fsp3) is 0.290. The Balaban J connectivity index is 1.20. The summed E-state index contributed by atoms with van der Waals surface area (Å²) in [6, 6.07) is 10.7. The molecule has 51 heavy (non-hydrogen) atoms. The highest BCUT2D eigenvalue weighted by Crippen LogP contribution is 2.48. The molecule has 268 valence electrons. The number of ether oxygens (including phenoxy) is 1. The van der Waals surface area contributed by atoms with Gasteiger partial charge in [-0.05, 0) is 61.2 Å². The number of aromatic nitrogens is 5. The number of amides is 3. The van der Waals surface area contributed by atoms with E-state index in [1.54, 1.807) is 19.2 Å². The molecule has 2 aromatic heterocycles. The first-order valence-electron chi connectivity index (χ1n) is 15.2. The quantitative estimate of drug-likeness (QED) is 0.103. The second kappa shape index (κ2) is 15.3. The van der Waals surface area contributed by atoms with Crippen LogP contribution >= 0.6 is 11.6 Å². The number of aliphatic carboxylic acids is 1. The molecule has 16 nitrogen and oxygen atoms in total. The summed E-state index contributed by atoms with van der Waals surface area (Å²) in [4.78, 5) is 61.0. The number of carbonyl (C=O) groups is 4. The van der Waals surface area contributed by atoms with Crippen molar-refractivity contribution in [2.75, 3.05) is 29.1 Å². The maximum atomic E-state index is 12.9. The lowest BCUT2D eigenvalue weighted by molar-refractivity contribution is -0.154. The van der Waals surface area contributed by atoms with Gasteiger partial charge in [0, 0.05) is 36.1 Å². The molecule has 0 bridgehead atoms. The first kappa shape index (κ1) is 36.3. The van der Waals surface area contributed by atoms with Crippen molar-refractivity contribution in [3.8, 4) is 6.01 Å².